The third-order valence-electron chi connectivity index (χ3n) is 7.41. The first-order valence-corrected chi connectivity index (χ1v) is 14.2. The molecule has 44 heavy (non-hydrogen) atoms. The number of guanidine groups is 1. The highest BCUT2D eigenvalue weighted by molar-refractivity contribution is 5.91. The van der Waals surface area contributed by atoms with Crippen molar-refractivity contribution in [3.63, 3.8) is 0 Å². The van der Waals surface area contributed by atoms with Crippen molar-refractivity contribution in [1.29, 1.82) is 0 Å². The minimum Gasteiger partial charge on any atom is -0.446 e. The molecule has 0 saturated carbocycles. The summed E-state index contributed by atoms with van der Waals surface area (Å²) in [5.74, 6) is -0.313. The predicted molar refractivity (Wildman–Crippen MR) is 150 cm³/mol. The molecular formula is C29H34F6N6O3. The molecule has 240 valence electrons. The van der Waals surface area contributed by atoms with Gasteiger partial charge in [-0.1, -0.05) is 17.2 Å². The van der Waals surface area contributed by atoms with E-state index in [4.69, 9.17) is 15.6 Å². The molecule has 1 heterocycles. The lowest BCUT2D eigenvalue weighted by Crippen LogP contribution is -2.40. The highest BCUT2D eigenvalue weighted by Gasteiger charge is 2.39. The van der Waals surface area contributed by atoms with Crippen LogP contribution < -0.4 is 10.6 Å². The van der Waals surface area contributed by atoms with E-state index in [2.05, 4.69) is 15.4 Å². The number of nitrogens with two attached hydrogens (primary N) is 1. The summed E-state index contributed by atoms with van der Waals surface area (Å²) in [7, 11) is 0. The van der Waals surface area contributed by atoms with E-state index in [1.807, 2.05) is 12.1 Å². The number of aliphatic hydroxyl groups is 1. The molecule has 2 aromatic carbocycles. The number of anilines is 1. The molecule has 0 unspecified atom stereocenters. The molecule has 0 bridgehead atoms. The van der Waals surface area contributed by atoms with Gasteiger partial charge in [-0.05, 0) is 91.6 Å². The quantitative estimate of drug-likeness (QED) is 0.118. The lowest BCUT2D eigenvalue weighted by molar-refractivity contribution is -0.143. The Morgan fingerprint density at radius 2 is 1.77 bits per heavy atom. The number of halogens is 6. The fraction of sp³-hybridized carbons (Fsp3) is 0.517. The van der Waals surface area contributed by atoms with Crippen LogP contribution in [0.1, 0.15) is 72.5 Å². The summed E-state index contributed by atoms with van der Waals surface area (Å²) in [6.07, 6.45) is -7.96. The third-order valence-corrected chi connectivity index (χ3v) is 7.41. The minimum absolute atomic E-state index is 0.0663. The molecule has 0 fully saturated rings. The van der Waals surface area contributed by atoms with Crippen LogP contribution in [-0.2, 0) is 36.5 Å². The van der Waals surface area contributed by atoms with Gasteiger partial charge in [-0.25, -0.2) is 4.79 Å². The standard InChI is InChI=1S/C29H34F6N6O3/c1-17(2)44-27(43)40-11-4-7-24(23-9-8-19-5-3-6-22(19)25(23)40)41(26(36)38-39-37-10-12-42)16-18-13-20(28(30,31)32)15-21(14-18)29(33,34)35/h8-9,13-15,17,24,42H,3-7,10-12,16H2,1-2H3,(H2,36,37,38)/t24-/m0/s1. The van der Waals surface area contributed by atoms with Gasteiger partial charge in [-0.15, -0.1) is 0 Å². The first-order chi connectivity index (χ1) is 20.7. The van der Waals surface area contributed by atoms with Crippen LogP contribution >= 0.6 is 0 Å². The molecule has 9 nitrogen and oxygen atoms in total. The number of benzene rings is 2. The SMILES string of the molecule is CC(C)OC(=O)N1CCC[C@H](N(Cc2cc(C(F)(F)F)cc(C(F)(F)F)c2)C(N)=NN=NCCO)c2ccc3c(c21)CCC3. The Balaban J connectivity index is 1.87. The molecule has 0 aromatic heterocycles. The van der Waals surface area contributed by atoms with Crippen molar-refractivity contribution in [2.45, 2.75) is 77.0 Å². The average Bonchev–Trinajstić information content (AvgIpc) is 3.33. The Morgan fingerprint density at radius 1 is 1.09 bits per heavy atom. The molecule has 1 aliphatic carbocycles. The second kappa shape index (κ2) is 13.4. The maximum atomic E-state index is 13.7. The van der Waals surface area contributed by atoms with Gasteiger partial charge in [0, 0.05) is 13.1 Å². The summed E-state index contributed by atoms with van der Waals surface area (Å²) >= 11 is 0. The van der Waals surface area contributed by atoms with Gasteiger partial charge in [0.05, 0.1) is 42.1 Å². The summed E-state index contributed by atoms with van der Waals surface area (Å²) < 4.78 is 87.6. The van der Waals surface area contributed by atoms with Gasteiger partial charge in [0.2, 0.25) is 5.96 Å². The number of hydrogen-bond donors (Lipinski definition) is 2. The summed E-state index contributed by atoms with van der Waals surface area (Å²) in [5, 5.41) is 20.1. The number of hydrogen-bond acceptors (Lipinski definition) is 5. The molecular weight excluding hydrogens is 594 g/mol. The summed E-state index contributed by atoms with van der Waals surface area (Å²) in [5.41, 5.74) is 6.30. The number of ether oxygens (including phenoxy) is 1. The molecule has 1 aliphatic heterocycles. The fourth-order valence-electron chi connectivity index (χ4n) is 5.62. The van der Waals surface area contributed by atoms with Crippen LogP contribution in [0.3, 0.4) is 0 Å². The van der Waals surface area contributed by atoms with E-state index in [1.54, 1.807) is 18.7 Å². The number of carbonyl (C=O) groups excluding carboxylic acids is 1. The average molecular weight is 629 g/mol. The Hall–Kier alpha value is -3.88. The van der Waals surface area contributed by atoms with Crippen molar-refractivity contribution in [1.82, 2.24) is 4.90 Å². The molecule has 1 amide bonds. The van der Waals surface area contributed by atoms with Crippen LogP contribution in [0.15, 0.2) is 45.8 Å². The number of aryl methyl sites for hydroxylation is 1. The molecule has 3 N–H and O–H groups in total. The van der Waals surface area contributed by atoms with Crippen molar-refractivity contribution in [2.75, 3.05) is 24.6 Å². The molecule has 1 atom stereocenters. The van der Waals surface area contributed by atoms with Gasteiger partial charge in [0.25, 0.3) is 0 Å². The summed E-state index contributed by atoms with van der Waals surface area (Å²) in [6, 6.07) is 4.38. The maximum absolute atomic E-state index is 13.7. The highest BCUT2D eigenvalue weighted by Crippen LogP contribution is 2.44. The normalized spacial score (nSPS) is 17.5. The van der Waals surface area contributed by atoms with Gasteiger partial charge in [-0.2, -0.15) is 31.5 Å². The van der Waals surface area contributed by atoms with E-state index >= 15 is 0 Å². The van der Waals surface area contributed by atoms with Crippen molar-refractivity contribution in [3.8, 4) is 0 Å². The zero-order valence-corrected chi connectivity index (χ0v) is 24.3. The number of aliphatic hydroxyl groups excluding tert-OH is 1. The van der Waals surface area contributed by atoms with E-state index in [0.717, 1.165) is 24.0 Å². The Bertz CT molecular complexity index is 1380. The molecule has 0 radical (unpaired) electrons. The molecule has 2 aromatic rings. The molecule has 4 rings (SSSR count). The Labute approximate surface area is 250 Å². The van der Waals surface area contributed by atoms with E-state index in [9.17, 15) is 31.1 Å². The van der Waals surface area contributed by atoms with Gasteiger partial charge in [0.1, 0.15) is 0 Å². The van der Waals surface area contributed by atoms with E-state index < -0.39 is 48.3 Å². The van der Waals surface area contributed by atoms with E-state index in [-0.39, 0.29) is 37.3 Å². The zero-order valence-electron chi connectivity index (χ0n) is 24.3. The third kappa shape index (κ3) is 7.60. The van der Waals surface area contributed by atoms with Crippen LogP contribution in [0.25, 0.3) is 0 Å². The van der Waals surface area contributed by atoms with Gasteiger partial charge in [0.15, 0.2) is 0 Å². The number of fused-ring (bicyclic) bond motifs is 3. The van der Waals surface area contributed by atoms with Crippen molar-refractivity contribution >= 4 is 17.7 Å². The summed E-state index contributed by atoms with van der Waals surface area (Å²) in [4.78, 5) is 16.2. The fourth-order valence-corrected chi connectivity index (χ4v) is 5.62. The van der Waals surface area contributed by atoms with Gasteiger partial charge < -0.3 is 20.5 Å². The second-order valence-corrected chi connectivity index (χ2v) is 10.9. The topological polar surface area (TPSA) is 116 Å². The van der Waals surface area contributed by atoms with Gasteiger partial charge >= 0.3 is 18.4 Å². The zero-order chi connectivity index (χ0) is 32.2. The molecule has 0 saturated heterocycles. The lowest BCUT2D eigenvalue weighted by atomic mass is 9.94. The number of nitrogens with zero attached hydrogens (tertiary/aromatic N) is 5. The van der Waals surface area contributed by atoms with Crippen LogP contribution in [-0.4, -0.2) is 47.9 Å². The number of alkyl halides is 6. The largest absolute Gasteiger partial charge is 0.446 e. The van der Waals surface area contributed by atoms with Crippen molar-refractivity contribution < 1.29 is 41.0 Å². The molecule has 0 spiro atoms. The van der Waals surface area contributed by atoms with Crippen molar-refractivity contribution in [3.05, 3.63) is 63.7 Å². The molecule has 15 heteroatoms. The maximum Gasteiger partial charge on any atom is 0.416 e. The first kappa shape index (κ1) is 33.0. The molecule has 2 aliphatic rings. The Morgan fingerprint density at radius 3 is 2.39 bits per heavy atom. The Kier molecular flexibility index (Phi) is 10.1. The lowest BCUT2D eigenvalue weighted by Gasteiger charge is -2.34. The van der Waals surface area contributed by atoms with Crippen LogP contribution in [0.2, 0.25) is 0 Å². The monoisotopic (exact) mass is 628 g/mol. The smallest absolute Gasteiger partial charge is 0.416 e. The second-order valence-electron chi connectivity index (χ2n) is 10.9. The van der Waals surface area contributed by atoms with Crippen LogP contribution in [0.5, 0.6) is 0 Å². The highest BCUT2D eigenvalue weighted by atomic mass is 19.4. The minimum atomic E-state index is -5.04. The number of rotatable bonds is 7. The first-order valence-electron chi connectivity index (χ1n) is 14.2. The number of amides is 1. The summed E-state index contributed by atoms with van der Waals surface area (Å²) in [6.45, 7) is 2.82. The van der Waals surface area contributed by atoms with Crippen molar-refractivity contribution in [2.24, 2.45) is 21.2 Å². The van der Waals surface area contributed by atoms with E-state index in [1.165, 1.54) is 4.90 Å². The predicted octanol–water partition coefficient (Wildman–Crippen LogP) is 6.58. The van der Waals surface area contributed by atoms with Gasteiger partial charge in [-0.3, -0.25) is 4.90 Å². The number of carbonyl (C=O) groups is 1. The van der Waals surface area contributed by atoms with E-state index in [0.29, 0.717) is 42.6 Å². The van der Waals surface area contributed by atoms with Crippen LogP contribution in [0, 0.1) is 0 Å². The van der Waals surface area contributed by atoms with Crippen LogP contribution in [0.4, 0.5) is 36.8 Å².